The summed E-state index contributed by atoms with van der Waals surface area (Å²) in [5, 5.41) is 0. The topological polar surface area (TPSA) is 70.5 Å². The number of hydrogen-bond acceptors (Lipinski definition) is 4. The molecule has 0 fully saturated rings. The molecule has 0 aromatic rings. The van der Waals surface area contributed by atoms with Crippen molar-refractivity contribution in [3.05, 3.63) is 0 Å². The van der Waals surface area contributed by atoms with Crippen LogP contribution in [0.3, 0.4) is 0 Å². The molecule has 4 N–H and O–H groups in total. The second-order valence-corrected chi connectivity index (χ2v) is 4.24. The van der Waals surface area contributed by atoms with Crippen LogP contribution in [-0.2, 0) is 8.85 Å². The zero-order valence-electron chi connectivity index (χ0n) is 7.25. The van der Waals surface area contributed by atoms with E-state index in [0.717, 1.165) is 0 Å². The maximum Gasteiger partial charge on any atom is 0.324 e. The van der Waals surface area contributed by atoms with Crippen LogP contribution in [0, 0.1) is 0 Å². The Hall–Kier alpha value is 0.0569. The summed E-state index contributed by atoms with van der Waals surface area (Å²) < 4.78 is 10.7. The predicted octanol–water partition coefficient (Wildman–Crippen LogP) is -0.477. The monoisotopic (exact) mass is 178 g/mol. The van der Waals surface area contributed by atoms with Crippen molar-refractivity contribution in [2.24, 2.45) is 11.5 Å². The van der Waals surface area contributed by atoms with Gasteiger partial charge < -0.3 is 20.3 Å². The molecule has 0 aliphatic heterocycles. The lowest BCUT2D eigenvalue weighted by molar-refractivity contribution is 0.211. The Morgan fingerprint density at radius 3 is 1.91 bits per heavy atom. The molecule has 0 rings (SSSR count). The van der Waals surface area contributed by atoms with Crippen molar-refractivity contribution in [2.45, 2.75) is 26.1 Å². The van der Waals surface area contributed by atoms with Crippen molar-refractivity contribution >= 4 is 9.28 Å². The quantitative estimate of drug-likeness (QED) is 0.426. The van der Waals surface area contributed by atoms with E-state index in [1.165, 1.54) is 0 Å². The smallest absolute Gasteiger partial charge is 0.324 e. The lowest BCUT2D eigenvalue weighted by Crippen LogP contribution is -2.38. The largest absolute Gasteiger partial charge is 0.397 e. The minimum absolute atomic E-state index is 0.301. The Morgan fingerprint density at radius 1 is 1.18 bits per heavy atom. The average molecular weight is 178 g/mol. The van der Waals surface area contributed by atoms with Crippen LogP contribution in [0.15, 0.2) is 0 Å². The van der Waals surface area contributed by atoms with Gasteiger partial charge in [0.05, 0.1) is 6.17 Å². The molecule has 0 aliphatic carbocycles. The average Bonchev–Trinajstić information content (AvgIpc) is 1.87. The fraction of sp³-hybridized carbons (Fsp3) is 1.00. The van der Waals surface area contributed by atoms with Gasteiger partial charge in [-0.15, -0.1) is 0 Å². The van der Waals surface area contributed by atoms with E-state index in [4.69, 9.17) is 20.3 Å². The van der Waals surface area contributed by atoms with Crippen molar-refractivity contribution in [3.8, 4) is 0 Å². The highest BCUT2D eigenvalue weighted by molar-refractivity contribution is 6.44. The van der Waals surface area contributed by atoms with Crippen LogP contribution in [0.1, 0.15) is 13.8 Å². The minimum Gasteiger partial charge on any atom is -0.397 e. The van der Waals surface area contributed by atoms with Gasteiger partial charge in [0.1, 0.15) is 0 Å². The number of nitrogens with two attached hydrogens (primary N) is 2. The van der Waals surface area contributed by atoms with E-state index >= 15 is 0 Å². The standard InChI is InChI=1S/C6H18N2O2Si/c1-3-9-11(10-4-2)5-6(7)8/h6,11H,3-5,7-8H2,1-2H3. The number of hydrogen-bond donors (Lipinski definition) is 2. The summed E-state index contributed by atoms with van der Waals surface area (Å²) in [5.41, 5.74) is 10.8. The summed E-state index contributed by atoms with van der Waals surface area (Å²) in [7, 11) is -1.54. The molecule has 0 aliphatic rings. The van der Waals surface area contributed by atoms with Crippen LogP contribution in [-0.4, -0.2) is 28.7 Å². The molecule has 0 spiro atoms. The van der Waals surface area contributed by atoms with E-state index in [0.29, 0.717) is 19.3 Å². The van der Waals surface area contributed by atoms with Gasteiger partial charge in [0, 0.05) is 19.3 Å². The summed E-state index contributed by atoms with van der Waals surface area (Å²) in [4.78, 5) is 0. The van der Waals surface area contributed by atoms with Crippen LogP contribution in [0.2, 0.25) is 6.04 Å². The molecule has 0 atom stereocenters. The van der Waals surface area contributed by atoms with E-state index < -0.39 is 9.28 Å². The third-order valence-electron chi connectivity index (χ3n) is 1.17. The Kier molecular flexibility index (Phi) is 6.78. The zero-order valence-corrected chi connectivity index (χ0v) is 8.40. The van der Waals surface area contributed by atoms with Crippen LogP contribution < -0.4 is 11.5 Å². The first-order valence-electron chi connectivity index (χ1n) is 3.95. The highest BCUT2D eigenvalue weighted by atomic mass is 28.3. The Bertz CT molecular complexity index is 86.7. The maximum absolute atomic E-state index is 5.41. The summed E-state index contributed by atoms with van der Waals surface area (Å²) in [6, 6.07) is 0.682. The van der Waals surface area contributed by atoms with Gasteiger partial charge in [-0.05, 0) is 13.8 Å². The molecule has 68 valence electrons. The lowest BCUT2D eigenvalue weighted by atomic mass is 10.6. The van der Waals surface area contributed by atoms with Crippen LogP contribution in [0.25, 0.3) is 0 Å². The SMILES string of the molecule is CCO[SiH](CC(N)N)OCC. The van der Waals surface area contributed by atoms with Crippen LogP contribution in [0.5, 0.6) is 0 Å². The molecular formula is C6H18N2O2Si. The van der Waals surface area contributed by atoms with E-state index in [1.807, 2.05) is 13.8 Å². The second-order valence-electron chi connectivity index (χ2n) is 2.24. The van der Waals surface area contributed by atoms with Crippen molar-refractivity contribution in [3.63, 3.8) is 0 Å². The van der Waals surface area contributed by atoms with E-state index in [1.54, 1.807) is 0 Å². The Labute approximate surface area is 69.7 Å². The molecular weight excluding hydrogens is 160 g/mol. The minimum atomic E-state index is -1.54. The molecule has 0 saturated heterocycles. The zero-order chi connectivity index (χ0) is 8.69. The van der Waals surface area contributed by atoms with Crippen molar-refractivity contribution in [2.75, 3.05) is 13.2 Å². The first-order chi connectivity index (χ1) is 5.20. The van der Waals surface area contributed by atoms with E-state index in [2.05, 4.69) is 0 Å². The molecule has 0 aromatic heterocycles. The van der Waals surface area contributed by atoms with Crippen molar-refractivity contribution in [1.29, 1.82) is 0 Å². The first kappa shape index (κ1) is 11.1. The van der Waals surface area contributed by atoms with Gasteiger partial charge in [0.2, 0.25) is 0 Å². The molecule has 0 unspecified atom stereocenters. The summed E-state index contributed by atoms with van der Waals surface area (Å²) in [5.74, 6) is 0. The summed E-state index contributed by atoms with van der Waals surface area (Å²) in [6.45, 7) is 5.26. The number of rotatable bonds is 6. The molecule has 0 amide bonds. The Morgan fingerprint density at radius 2 is 1.64 bits per heavy atom. The second kappa shape index (κ2) is 6.75. The van der Waals surface area contributed by atoms with Crippen molar-refractivity contribution < 1.29 is 8.85 Å². The summed E-state index contributed by atoms with van der Waals surface area (Å²) >= 11 is 0. The van der Waals surface area contributed by atoms with Gasteiger partial charge in [0.25, 0.3) is 0 Å². The maximum atomic E-state index is 5.41. The summed E-state index contributed by atoms with van der Waals surface area (Å²) in [6.07, 6.45) is -0.301. The normalized spacial score (nSPS) is 11.5. The van der Waals surface area contributed by atoms with Crippen LogP contribution >= 0.6 is 0 Å². The van der Waals surface area contributed by atoms with Gasteiger partial charge in [-0.2, -0.15) is 0 Å². The lowest BCUT2D eigenvalue weighted by Gasteiger charge is -2.15. The molecule has 11 heavy (non-hydrogen) atoms. The Balaban J connectivity index is 3.50. The molecule has 5 heteroatoms. The van der Waals surface area contributed by atoms with E-state index in [9.17, 15) is 0 Å². The molecule has 0 bridgehead atoms. The van der Waals surface area contributed by atoms with Crippen molar-refractivity contribution in [1.82, 2.24) is 0 Å². The molecule has 0 saturated carbocycles. The third kappa shape index (κ3) is 6.45. The predicted molar refractivity (Wildman–Crippen MR) is 47.4 cm³/mol. The van der Waals surface area contributed by atoms with Gasteiger partial charge in [-0.3, -0.25) is 0 Å². The molecule has 4 nitrogen and oxygen atoms in total. The molecule has 0 heterocycles. The first-order valence-corrected chi connectivity index (χ1v) is 5.71. The van der Waals surface area contributed by atoms with Gasteiger partial charge in [-0.25, -0.2) is 0 Å². The van der Waals surface area contributed by atoms with Crippen LogP contribution in [0.4, 0.5) is 0 Å². The van der Waals surface area contributed by atoms with E-state index in [-0.39, 0.29) is 6.17 Å². The highest BCUT2D eigenvalue weighted by Gasteiger charge is 2.13. The fourth-order valence-corrected chi connectivity index (χ4v) is 2.33. The molecule has 0 aromatic carbocycles. The third-order valence-corrected chi connectivity index (χ3v) is 3.51. The van der Waals surface area contributed by atoms with Gasteiger partial charge in [-0.1, -0.05) is 0 Å². The highest BCUT2D eigenvalue weighted by Crippen LogP contribution is 1.97. The fourth-order valence-electron chi connectivity index (χ4n) is 0.778. The van der Waals surface area contributed by atoms with Gasteiger partial charge in [0.15, 0.2) is 0 Å². The van der Waals surface area contributed by atoms with Gasteiger partial charge >= 0.3 is 9.28 Å². The molecule has 0 radical (unpaired) electrons.